The molecule has 1 N–H and O–H groups in total. The lowest BCUT2D eigenvalue weighted by Gasteiger charge is -2.36. The molecule has 1 heterocycles. The molecule has 23 heavy (non-hydrogen) atoms. The van der Waals surface area contributed by atoms with Gasteiger partial charge in [0.05, 0.1) is 5.60 Å². The Morgan fingerprint density at radius 2 is 1.91 bits per heavy atom. The molecule has 1 atom stereocenters. The van der Waals surface area contributed by atoms with Crippen LogP contribution in [0.15, 0.2) is 30.3 Å². The predicted octanol–water partition coefficient (Wildman–Crippen LogP) is 3.83. The second-order valence-corrected chi connectivity index (χ2v) is 7.36. The van der Waals surface area contributed by atoms with Crippen LogP contribution in [-0.4, -0.2) is 34.8 Å². The molecule has 0 spiro atoms. The Morgan fingerprint density at radius 3 is 2.48 bits per heavy atom. The molecule has 1 aliphatic rings. The highest BCUT2D eigenvalue weighted by Crippen LogP contribution is 2.30. The van der Waals surface area contributed by atoms with Crippen molar-refractivity contribution >= 4 is 6.09 Å². The van der Waals surface area contributed by atoms with Crippen LogP contribution in [0.2, 0.25) is 0 Å². The Bertz CT molecular complexity index is 487. The van der Waals surface area contributed by atoms with Crippen molar-refractivity contribution in [2.75, 3.05) is 13.1 Å². The van der Waals surface area contributed by atoms with Crippen molar-refractivity contribution in [1.82, 2.24) is 4.90 Å². The van der Waals surface area contributed by atoms with E-state index < -0.39 is 5.60 Å². The number of carbonyl (C=O) groups is 1. The first-order valence-electron chi connectivity index (χ1n) is 8.53. The second kappa shape index (κ2) is 7.82. The van der Waals surface area contributed by atoms with E-state index in [0.717, 1.165) is 37.9 Å². The van der Waals surface area contributed by atoms with Crippen LogP contribution in [0.5, 0.6) is 0 Å². The van der Waals surface area contributed by atoms with Crippen LogP contribution in [0.3, 0.4) is 0 Å². The number of rotatable bonds is 5. The van der Waals surface area contributed by atoms with Gasteiger partial charge in [0, 0.05) is 13.1 Å². The molecule has 2 rings (SSSR count). The molecule has 4 heteroatoms. The molecule has 128 valence electrons. The molecular weight excluding hydrogens is 290 g/mol. The van der Waals surface area contributed by atoms with E-state index in [4.69, 9.17) is 4.74 Å². The largest absolute Gasteiger partial charge is 0.445 e. The van der Waals surface area contributed by atoms with Gasteiger partial charge in [0.15, 0.2) is 0 Å². The number of amides is 1. The molecule has 4 nitrogen and oxygen atoms in total. The smallest absolute Gasteiger partial charge is 0.410 e. The van der Waals surface area contributed by atoms with Crippen molar-refractivity contribution in [3.63, 3.8) is 0 Å². The number of hydrogen-bond donors (Lipinski definition) is 1. The standard InChI is InChI=1S/C19H29NO3/c1-15(13-19(2,3)22)17-9-11-20(12-10-17)18(21)23-14-16-7-5-4-6-8-16/h4-8,15,17,22H,9-14H2,1-3H3. The molecule has 0 radical (unpaired) electrons. The zero-order valence-electron chi connectivity index (χ0n) is 14.5. The fraction of sp³-hybridized carbons (Fsp3) is 0.632. The highest BCUT2D eigenvalue weighted by molar-refractivity contribution is 5.67. The fourth-order valence-corrected chi connectivity index (χ4v) is 3.42. The lowest BCUT2D eigenvalue weighted by Crippen LogP contribution is -2.40. The molecule has 1 fully saturated rings. The third kappa shape index (κ3) is 5.87. The van der Waals surface area contributed by atoms with E-state index in [-0.39, 0.29) is 6.09 Å². The van der Waals surface area contributed by atoms with E-state index in [0.29, 0.717) is 18.4 Å². The average Bonchev–Trinajstić information content (AvgIpc) is 2.52. The monoisotopic (exact) mass is 319 g/mol. The Morgan fingerprint density at radius 1 is 1.30 bits per heavy atom. The van der Waals surface area contributed by atoms with Gasteiger partial charge in [-0.2, -0.15) is 0 Å². The number of benzene rings is 1. The summed E-state index contributed by atoms with van der Waals surface area (Å²) in [7, 11) is 0. The summed E-state index contributed by atoms with van der Waals surface area (Å²) < 4.78 is 5.39. The summed E-state index contributed by atoms with van der Waals surface area (Å²) in [5.74, 6) is 1.04. The number of likely N-dealkylation sites (tertiary alicyclic amines) is 1. The van der Waals surface area contributed by atoms with Crippen LogP contribution in [0.1, 0.15) is 45.6 Å². The van der Waals surface area contributed by atoms with Crippen molar-refractivity contribution in [3.05, 3.63) is 35.9 Å². The number of piperidine rings is 1. The number of nitrogens with zero attached hydrogens (tertiary/aromatic N) is 1. The summed E-state index contributed by atoms with van der Waals surface area (Å²) in [6.07, 6.45) is 2.55. The van der Waals surface area contributed by atoms with Gasteiger partial charge in [-0.25, -0.2) is 4.79 Å². The summed E-state index contributed by atoms with van der Waals surface area (Å²) in [5.41, 5.74) is 0.389. The van der Waals surface area contributed by atoms with Gasteiger partial charge in [0.25, 0.3) is 0 Å². The summed E-state index contributed by atoms with van der Waals surface area (Å²) in [4.78, 5) is 13.9. The first kappa shape index (κ1) is 17.8. The van der Waals surface area contributed by atoms with Crippen molar-refractivity contribution < 1.29 is 14.6 Å². The maximum Gasteiger partial charge on any atom is 0.410 e. The first-order valence-corrected chi connectivity index (χ1v) is 8.53. The van der Waals surface area contributed by atoms with Crippen LogP contribution < -0.4 is 0 Å². The lowest BCUT2D eigenvalue weighted by molar-refractivity contribution is 0.0320. The van der Waals surface area contributed by atoms with E-state index >= 15 is 0 Å². The zero-order chi connectivity index (χ0) is 16.9. The van der Waals surface area contributed by atoms with E-state index in [1.807, 2.05) is 44.2 Å². The molecule has 1 saturated heterocycles. The summed E-state index contributed by atoms with van der Waals surface area (Å²) in [6, 6.07) is 9.75. The third-order valence-corrected chi connectivity index (χ3v) is 4.63. The fourth-order valence-electron chi connectivity index (χ4n) is 3.42. The van der Waals surface area contributed by atoms with Crippen LogP contribution in [0.4, 0.5) is 4.79 Å². The van der Waals surface area contributed by atoms with Crippen molar-refractivity contribution in [2.24, 2.45) is 11.8 Å². The topological polar surface area (TPSA) is 49.8 Å². The highest BCUT2D eigenvalue weighted by atomic mass is 16.6. The Hall–Kier alpha value is -1.55. The van der Waals surface area contributed by atoms with Crippen LogP contribution in [0.25, 0.3) is 0 Å². The van der Waals surface area contributed by atoms with E-state index in [1.165, 1.54) is 0 Å². The van der Waals surface area contributed by atoms with Crippen molar-refractivity contribution in [3.8, 4) is 0 Å². The number of aliphatic hydroxyl groups is 1. The second-order valence-electron chi connectivity index (χ2n) is 7.36. The molecule has 1 amide bonds. The van der Waals surface area contributed by atoms with Crippen LogP contribution in [-0.2, 0) is 11.3 Å². The van der Waals surface area contributed by atoms with Crippen LogP contribution >= 0.6 is 0 Å². The SMILES string of the molecule is CC(CC(C)(C)O)C1CCN(C(=O)OCc2ccccc2)CC1. The van der Waals surface area contributed by atoms with Gasteiger partial charge in [-0.3, -0.25) is 0 Å². The Balaban J connectivity index is 1.74. The van der Waals surface area contributed by atoms with Gasteiger partial charge in [-0.15, -0.1) is 0 Å². The lowest BCUT2D eigenvalue weighted by atomic mass is 9.80. The minimum atomic E-state index is -0.620. The molecular formula is C19H29NO3. The number of ether oxygens (including phenoxy) is 1. The molecule has 1 aromatic rings. The normalized spacial score (nSPS) is 17.8. The van der Waals surface area contributed by atoms with Gasteiger partial charge in [-0.05, 0) is 50.5 Å². The summed E-state index contributed by atoms with van der Waals surface area (Å²) in [5, 5.41) is 9.95. The highest BCUT2D eigenvalue weighted by Gasteiger charge is 2.29. The van der Waals surface area contributed by atoms with E-state index in [2.05, 4.69) is 6.92 Å². The van der Waals surface area contributed by atoms with Gasteiger partial charge in [0.2, 0.25) is 0 Å². The summed E-state index contributed by atoms with van der Waals surface area (Å²) >= 11 is 0. The third-order valence-electron chi connectivity index (χ3n) is 4.63. The molecule has 0 aliphatic carbocycles. The molecule has 1 aromatic carbocycles. The summed E-state index contributed by atoms with van der Waals surface area (Å²) in [6.45, 7) is 7.74. The maximum atomic E-state index is 12.1. The average molecular weight is 319 g/mol. The predicted molar refractivity (Wildman–Crippen MR) is 91.0 cm³/mol. The molecule has 1 unspecified atom stereocenters. The van der Waals surface area contributed by atoms with Gasteiger partial charge in [0.1, 0.15) is 6.61 Å². The molecule has 0 aromatic heterocycles. The molecule has 0 saturated carbocycles. The Labute approximate surface area is 139 Å². The zero-order valence-corrected chi connectivity index (χ0v) is 14.5. The van der Waals surface area contributed by atoms with E-state index in [1.54, 1.807) is 4.90 Å². The van der Waals surface area contributed by atoms with Gasteiger partial charge < -0.3 is 14.7 Å². The van der Waals surface area contributed by atoms with Gasteiger partial charge >= 0.3 is 6.09 Å². The van der Waals surface area contributed by atoms with E-state index in [9.17, 15) is 9.90 Å². The maximum absolute atomic E-state index is 12.1. The minimum Gasteiger partial charge on any atom is -0.445 e. The number of hydrogen-bond acceptors (Lipinski definition) is 3. The molecule has 0 bridgehead atoms. The van der Waals surface area contributed by atoms with Gasteiger partial charge in [-0.1, -0.05) is 37.3 Å². The van der Waals surface area contributed by atoms with Crippen molar-refractivity contribution in [1.29, 1.82) is 0 Å². The quantitative estimate of drug-likeness (QED) is 0.897. The first-order chi connectivity index (χ1) is 10.8. The van der Waals surface area contributed by atoms with Crippen LogP contribution in [0, 0.1) is 11.8 Å². The Kier molecular flexibility index (Phi) is 6.05. The number of carbonyl (C=O) groups excluding carboxylic acids is 1. The molecule has 1 aliphatic heterocycles. The minimum absolute atomic E-state index is 0.220. The van der Waals surface area contributed by atoms with Crippen molar-refractivity contribution in [2.45, 2.75) is 52.2 Å².